The maximum absolute atomic E-state index is 14.0. The Kier molecular flexibility index (Phi) is 11.0. The number of pyridine rings is 1. The molecule has 14 heteroatoms. The Morgan fingerprint density at radius 1 is 1.08 bits per heavy atom. The highest BCUT2D eigenvalue weighted by Crippen LogP contribution is 2.49. The molecule has 1 aromatic heterocycles. The molecular formula is C37H40FN4O8P. The second-order valence-corrected chi connectivity index (χ2v) is 14.7. The van der Waals surface area contributed by atoms with Crippen molar-refractivity contribution in [2.24, 2.45) is 0 Å². The summed E-state index contributed by atoms with van der Waals surface area (Å²) in [4.78, 5) is 47.7. The molecule has 0 aliphatic carbocycles. The Morgan fingerprint density at radius 2 is 1.80 bits per heavy atom. The number of ether oxygens (including phenoxy) is 1. The predicted octanol–water partition coefficient (Wildman–Crippen LogP) is 5.67. The number of nitrogens with zero attached hydrogens (tertiary/aromatic N) is 3. The molecule has 268 valence electrons. The smallest absolute Gasteiger partial charge is 0.381 e. The third kappa shape index (κ3) is 8.22. The Hall–Kier alpha value is -4.84. The van der Waals surface area contributed by atoms with Crippen molar-refractivity contribution in [3.63, 3.8) is 0 Å². The molecule has 3 aromatic carbocycles. The lowest BCUT2D eigenvalue weighted by Crippen LogP contribution is -2.45. The fourth-order valence-corrected chi connectivity index (χ4v) is 8.26. The zero-order chi connectivity index (χ0) is 36.1. The van der Waals surface area contributed by atoms with Gasteiger partial charge in [0.2, 0.25) is 0 Å². The number of para-hydroxylation sites is 1. The molecule has 0 spiro atoms. The lowest BCUT2D eigenvalue weighted by Gasteiger charge is -2.33. The summed E-state index contributed by atoms with van der Waals surface area (Å²) in [6, 6.07) is 17.7. The quantitative estimate of drug-likeness (QED) is 0.131. The van der Waals surface area contributed by atoms with Gasteiger partial charge in [0.15, 0.2) is 11.9 Å². The SMILES string of the molecule is CCOC(=O)[C@H](C)OP(=O)(CCN1CCC(NC(=O)c2c3c(c(O)c4ncccc24)C(=O)N(Cc2ccc(F)cc2)C3)CC1)Oc1ccccc1. The minimum absolute atomic E-state index is 0.0315. The molecule has 6 rings (SSSR count). The van der Waals surface area contributed by atoms with Crippen LogP contribution in [0.1, 0.15) is 58.5 Å². The Labute approximate surface area is 295 Å². The van der Waals surface area contributed by atoms with Crippen LogP contribution in [-0.4, -0.2) is 82.2 Å². The largest absolute Gasteiger partial charge is 0.505 e. The number of halogens is 1. The van der Waals surface area contributed by atoms with E-state index in [-0.39, 0.29) is 66.0 Å². The summed E-state index contributed by atoms with van der Waals surface area (Å²) in [5.74, 6) is -1.73. The van der Waals surface area contributed by atoms with Gasteiger partial charge in [-0.2, -0.15) is 0 Å². The van der Waals surface area contributed by atoms with E-state index >= 15 is 0 Å². The molecule has 2 atom stereocenters. The summed E-state index contributed by atoms with van der Waals surface area (Å²) in [5.41, 5.74) is 1.62. The van der Waals surface area contributed by atoms with Gasteiger partial charge in [0, 0.05) is 55.9 Å². The van der Waals surface area contributed by atoms with Gasteiger partial charge in [-0.05, 0) is 62.6 Å². The lowest BCUT2D eigenvalue weighted by atomic mass is 9.95. The topological polar surface area (TPSA) is 148 Å². The Bertz CT molecular complexity index is 1950. The minimum Gasteiger partial charge on any atom is -0.505 e. The van der Waals surface area contributed by atoms with Gasteiger partial charge >= 0.3 is 13.6 Å². The Morgan fingerprint density at radius 3 is 2.51 bits per heavy atom. The monoisotopic (exact) mass is 718 g/mol. The van der Waals surface area contributed by atoms with E-state index in [1.54, 1.807) is 55.5 Å². The number of hydrogen-bond acceptors (Lipinski definition) is 10. The number of carbonyl (C=O) groups excluding carboxylic acids is 3. The van der Waals surface area contributed by atoms with Gasteiger partial charge in [0.25, 0.3) is 11.8 Å². The van der Waals surface area contributed by atoms with Crippen LogP contribution >= 0.6 is 7.60 Å². The number of nitrogens with one attached hydrogen (secondary N) is 1. The fraction of sp³-hybridized carbons (Fsp3) is 0.351. The van der Waals surface area contributed by atoms with E-state index in [2.05, 4.69) is 15.2 Å². The average Bonchev–Trinajstić information content (AvgIpc) is 3.44. The molecule has 2 N–H and O–H groups in total. The van der Waals surface area contributed by atoms with Crippen LogP contribution in [0.3, 0.4) is 0 Å². The fourth-order valence-electron chi connectivity index (χ4n) is 6.48. The minimum atomic E-state index is -3.78. The third-order valence-electron chi connectivity index (χ3n) is 9.04. The number of carbonyl (C=O) groups is 3. The van der Waals surface area contributed by atoms with Crippen LogP contribution < -0.4 is 9.84 Å². The van der Waals surface area contributed by atoms with Crippen molar-refractivity contribution in [1.82, 2.24) is 20.1 Å². The van der Waals surface area contributed by atoms with E-state index in [4.69, 9.17) is 13.8 Å². The molecule has 1 unspecified atom stereocenters. The number of piperidine rings is 1. The lowest BCUT2D eigenvalue weighted by molar-refractivity contribution is -0.150. The molecule has 2 amide bonds. The maximum Gasteiger partial charge on any atom is 0.381 e. The molecule has 2 aliphatic rings. The summed E-state index contributed by atoms with van der Waals surface area (Å²) in [6.45, 7) is 5.13. The molecule has 12 nitrogen and oxygen atoms in total. The van der Waals surface area contributed by atoms with Gasteiger partial charge in [-0.1, -0.05) is 36.4 Å². The number of aromatic hydroxyl groups is 1. The predicted molar refractivity (Wildman–Crippen MR) is 187 cm³/mol. The van der Waals surface area contributed by atoms with Crippen LogP contribution in [0.4, 0.5) is 4.39 Å². The van der Waals surface area contributed by atoms with E-state index in [1.807, 2.05) is 6.07 Å². The van der Waals surface area contributed by atoms with Gasteiger partial charge in [-0.15, -0.1) is 0 Å². The first kappa shape index (κ1) is 36.0. The van der Waals surface area contributed by atoms with E-state index < -0.39 is 25.6 Å². The van der Waals surface area contributed by atoms with Crippen molar-refractivity contribution in [2.45, 2.75) is 51.9 Å². The highest BCUT2D eigenvalue weighted by atomic mass is 31.2. The van der Waals surface area contributed by atoms with Crippen LogP contribution in [0.5, 0.6) is 11.5 Å². The maximum atomic E-state index is 14.0. The second-order valence-electron chi connectivity index (χ2n) is 12.6. The average molecular weight is 719 g/mol. The highest BCUT2D eigenvalue weighted by Gasteiger charge is 2.38. The van der Waals surface area contributed by atoms with Gasteiger partial charge < -0.3 is 29.5 Å². The van der Waals surface area contributed by atoms with Crippen molar-refractivity contribution in [2.75, 3.05) is 32.4 Å². The van der Waals surface area contributed by atoms with Crippen molar-refractivity contribution in [3.8, 4) is 11.5 Å². The molecule has 2 aliphatic heterocycles. The molecular weight excluding hydrogens is 678 g/mol. The van der Waals surface area contributed by atoms with E-state index in [0.717, 1.165) is 0 Å². The van der Waals surface area contributed by atoms with Gasteiger partial charge in [0.05, 0.1) is 23.9 Å². The van der Waals surface area contributed by atoms with Crippen LogP contribution in [0.25, 0.3) is 10.9 Å². The first-order valence-corrected chi connectivity index (χ1v) is 18.7. The number of rotatable bonds is 13. The first-order chi connectivity index (χ1) is 24.5. The van der Waals surface area contributed by atoms with Crippen molar-refractivity contribution in [3.05, 3.63) is 101 Å². The van der Waals surface area contributed by atoms with Crippen LogP contribution in [0.15, 0.2) is 72.9 Å². The summed E-state index contributed by atoms with van der Waals surface area (Å²) in [7, 11) is -3.78. The molecule has 0 saturated carbocycles. The number of phenols is 1. The number of amides is 2. The van der Waals surface area contributed by atoms with Crippen LogP contribution in [0, 0.1) is 5.82 Å². The number of aromatic nitrogens is 1. The highest BCUT2D eigenvalue weighted by molar-refractivity contribution is 7.54. The van der Waals surface area contributed by atoms with Crippen molar-refractivity contribution in [1.29, 1.82) is 0 Å². The van der Waals surface area contributed by atoms with Crippen molar-refractivity contribution < 1.29 is 42.2 Å². The van der Waals surface area contributed by atoms with Crippen LogP contribution in [0.2, 0.25) is 0 Å². The standard InChI is InChI=1S/C37H40FN4O8P/c1-3-48-37(46)24(2)49-51(47,50-28-8-5-4-6-9-28)21-20-41-18-15-27(16-19-41)40-35(44)31-29-10-7-17-39-33(29)34(43)32-30(31)23-42(36(32)45)22-25-11-13-26(38)14-12-25/h4-14,17,24,27,43H,3,15-16,18-23H2,1-2H3,(H,40,44)/t24-,51?/m0/s1. The summed E-state index contributed by atoms with van der Waals surface area (Å²) in [5, 5.41) is 14.7. The van der Waals surface area contributed by atoms with Crippen molar-refractivity contribution >= 4 is 36.3 Å². The number of esters is 1. The number of fused-ring (bicyclic) bond motifs is 2. The third-order valence-corrected chi connectivity index (χ3v) is 10.9. The summed E-state index contributed by atoms with van der Waals surface area (Å²) >= 11 is 0. The van der Waals surface area contributed by atoms with Crippen LogP contribution in [-0.2, 0) is 31.7 Å². The number of likely N-dealkylation sites (tertiary alicyclic amines) is 1. The zero-order valence-corrected chi connectivity index (χ0v) is 29.3. The van der Waals surface area contributed by atoms with E-state index in [9.17, 15) is 28.4 Å². The second kappa shape index (κ2) is 15.6. The van der Waals surface area contributed by atoms with Gasteiger partial charge in [0.1, 0.15) is 17.1 Å². The first-order valence-electron chi connectivity index (χ1n) is 16.9. The van der Waals surface area contributed by atoms with E-state index in [0.29, 0.717) is 54.7 Å². The Balaban J connectivity index is 1.12. The molecule has 0 bridgehead atoms. The van der Waals surface area contributed by atoms with Gasteiger partial charge in [-0.25, -0.2) is 13.8 Å². The van der Waals surface area contributed by atoms with Gasteiger partial charge in [-0.3, -0.25) is 19.1 Å². The molecule has 4 aromatic rings. The molecule has 0 radical (unpaired) electrons. The summed E-state index contributed by atoms with van der Waals surface area (Å²) < 4.78 is 44.0. The zero-order valence-electron chi connectivity index (χ0n) is 28.4. The summed E-state index contributed by atoms with van der Waals surface area (Å²) in [6.07, 6.45) is 1.64. The molecule has 3 heterocycles. The normalized spacial score (nSPS) is 16.8. The number of hydrogen-bond donors (Lipinski definition) is 2. The molecule has 51 heavy (non-hydrogen) atoms. The number of phenolic OH excluding ortho intramolecular Hbond substituents is 1. The molecule has 1 saturated heterocycles. The van der Waals surface area contributed by atoms with E-state index in [1.165, 1.54) is 30.2 Å². The molecule has 1 fully saturated rings. The number of benzene rings is 3.